The number of pyridine rings is 1. The molecule has 0 bridgehead atoms. The van der Waals surface area contributed by atoms with E-state index in [9.17, 15) is 18.3 Å². The van der Waals surface area contributed by atoms with E-state index < -0.39 is 23.1 Å². The number of hydrogen-bond donors (Lipinski definition) is 1. The fraction of sp³-hybridized carbons (Fsp3) is 0.154. The molecule has 0 saturated heterocycles. The molecule has 0 saturated carbocycles. The Bertz CT molecular complexity index is 584. The third kappa shape index (κ3) is 2.22. The van der Waals surface area contributed by atoms with Gasteiger partial charge in [-0.1, -0.05) is 0 Å². The maximum atomic E-state index is 13.6. The fourth-order valence-corrected chi connectivity index (χ4v) is 1.70. The van der Waals surface area contributed by atoms with Crippen molar-refractivity contribution >= 4 is 0 Å². The summed E-state index contributed by atoms with van der Waals surface area (Å²) in [6.45, 7) is 1.25. The first kappa shape index (κ1) is 12.6. The third-order valence-corrected chi connectivity index (χ3v) is 2.72. The Kier molecular flexibility index (Phi) is 3.09. The molecule has 1 heterocycles. The molecule has 1 atom stereocenters. The summed E-state index contributed by atoms with van der Waals surface area (Å²) in [4.78, 5) is 3.58. The molecule has 2 aromatic rings. The second-order valence-electron chi connectivity index (χ2n) is 4.09. The van der Waals surface area contributed by atoms with Crippen molar-refractivity contribution in [3.63, 3.8) is 0 Å². The van der Waals surface area contributed by atoms with Crippen LogP contribution in [0.5, 0.6) is 0 Å². The molecule has 2 nitrogen and oxygen atoms in total. The first-order valence-corrected chi connectivity index (χ1v) is 5.20. The summed E-state index contributed by atoms with van der Waals surface area (Å²) in [7, 11) is 0. The van der Waals surface area contributed by atoms with Crippen molar-refractivity contribution in [1.29, 1.82) is 0 Å². The molecule has 1 aromatic carbocycles. The highest BCUT2D eigenvalue weighted by molar-refractivity contribution is 5.35. The summed E-state index contributed by atoms with van der Waals surface area (Å²) >= 11 is 0. The summed E-state index contributed by atoms with van der Waals surface area (Å²) in [5, 5.41) is 10.3. The lowest BCUT2D eigenvalue weighted by molar-refractivity contribution is 0.0967. The quantitative estimate of drug-likeness (QED) is 0.892. The lowest BCUT2D eigenvalue weighted by Crippen LogP contribution is -2.25. The molecule has 0 aliphatic rings. The summed E-state index contributed by atoms with van der Waals surface area (Å²) in [5.74, 6) is -2.12. The average Bonchev–Trinajstić information content (AvgIpc) is 2.32. The van der Waals surface area contributed by atoms with Gasteiger partial charge >= 0.3 is 0 Å². The number of nitrogens with zero attached hydrogens (tertiary/aromatic N) is 1. The smallest absolute Gasteiger partial charge is 0.141 e. The first-order valence-electron chi connectivity index (χ1n) is 5.20. The van der Waals surface area contributed by atoms with Gasteiger partial charge in [-0.3, -0.25) is 4.98 Å². The zero-order valence-electron chi connectivity index (χ0n) is 9.49. The minimum atomic E-state index is -1.86. The van der Waals surface area contributed by atoms with Crippen LogP contribution in [0.3, 0.4) is 0 Å². The normalized spacial score (nSPS) is 14.3. The first-order chi connectivity index (χ1) is 8.41. The van der Waals surface area contributed by atoms with Gasteiger partial charge in [0.1, 0.15) is 23.1 Å². The van der Waals surface area contributed by atoms with Gasteiger partial charge in [0.15, 0.2) is 0 Å². The lowest BCUT2D eigenvalue weighted by atomic mass is 9.89. The van der Waals surface area contributed by atoms with E-state index in [0.717, 1.165) is 30.5 Å². The van der Waals surface area contributed by atoms with E-state index in [1.54, 1.807) is 0 Å². The van der Waals surface area contributed by atoms with Gasteiger partial charge in [-0.15, -0.1) is 0 Å². The standard InChI is InChI=1S/C13H10F3NO/c1-13(18,8-4-10(15)7-17-6-8)11-5-9(14)2-3-12(11)16/h2-7,18H,1H3. The van der Waals surface area contributed by atoms with E-state index in [1.165, 1.54) is 13.1 Å². The highest BCUT2D eigenvalue weighted by Crippen LogP contribution is 2.31. The minimum absolute atomic E-state index is 0.0481. The van der Waals surface area contributed by atoms with Crippen LogP contribution in [0.4, 0.5) is 13.2 Å². The molecule has 0 spiro atoms. The molecule has 18 heavy (non-hydrogen) atoms. The monoisotopic (exact) mass is 253 g/mol. The summed E-state index contributed by atoms with van der Waals surface area (Å²) in [5.41, 5.74) is -2.08. The molecule has 94 valence electrons. The largest absolute Gasteiger partial charge is 0.381 e. The van der Waals surface area contributed by atoms with E-state index >= 15 is 0 Å². The zero-order valence-corrected chi connectivity index (χ0v) is 9.49. The maximum Gasteiger partial charge on any atom is 0.141 e. The predicted octanol–water partition coefficient (Wildman–Crippen LogP) is 2.75. The van der Waals surface area contributed by atoms with Crippen molar-refractivity contribution < 1.29 is 18.3 Å². The summed E-state index contributed by atoms with van der Waals surface area (Å²) in [6, 6.07) is 3.75. The van der Waals surface area contributed by atoms with E-state index in [1.807, 2.05) is 0 Å². The Morgan fingerprint density at radius 2 is 1.78 bits per heavy atom. The van der Waals surface area contributed by atoms with E-state index in [0.29, 0.717) is 0 Å². The van der Waals surface area contributed by atoms with Crippen LogP contribution in [0.1, 0.15) is 18.1 Å². The molecule has 0 radical (unpaired) electrons. The van der Waals surface area contributed by atoms with Gasteiger partial charge in [0.25, 0.3) is 0 Å². The molecule has 5 heteroatoms. The van der Waals surface area contributed by atoms with Gasteiger partial charge in [-0.05, 0) is 31.2 Å². The zero-order chi connectivity index (χ0) is 13.3. The highest BCUT2D eigenvalue weighted by atomic mass is 19.1. The highest BCUT2D eigenvalue weighted by Gasteiger charge is 2.30. The summed E-state index contributed by atoms with van der Waals surface area (Å²) in [6.07, 6.45) is 2.16. The van der Waals surface area contributed by atoms with Crippen LogP contribution in [-0.4, -0.2) is 10.1 Å². The topological polar surface area (TPSA) is 33.1 Å². The Balaban J connectivity index is 2.57. The number of benzene rings is 1. The van der Waals surface area contributed by atoms with E-state index in [-0.39, 0.29) is 11.1 Å². The number of aliphatic hydroxyl groups is 1. The van der Waals surface area contributed by atoms with Gasteiger partial charge in [-0.25, -0.2) is 13.2 Å². The van der Waals surface area contributed by atoms with Crippen LogP contribution < -0.4 is 0 Å². The lowest BCUT2D eigenvalue weighted by Gasteiger charge is -2.24. The molecular weight excluding hydrogens is 243 g/mol. The van der Waals surface area contributed by atoms with E-state index in [4.69, 9.17) is 0 Å². The Hall–Kier alpha value is -1.88. The maximum absolute atomic E-state index is 13.6. The molecule has 0 aliphatic heterocycles. The Labute approximate surface area is 102 Å². The van der Waals surface area contributed by atoms with Crippen LogP contribution >= 0.6 is 0 Å². The van der Waals surface area contributed by atoms with Gasteiger partial charge in [0.05, 0.1) is 6.20 Å². The van der Waals surface area contributed by atoms with Crippen molar-refractivity contribution in [2.75, 3.05) is 0 Å². The molecule has 0 amide bonds. The second kappa shape index (κ2) is 4.42. The van der Waals surface area contributed by atoms with Crippen molar-refractivity contribution in [2.24, 2.45) is 0 Å². The molecule has 0 fully saturated rings. The molecule has 1 aromatic heterocycles. The number of aromatic nitrogens is 1. The number of hydrogen-bond acceptors (Lipinski definition) is 2. The molecule has 2 rings (SSSR count). The van der Waals surface area contributed by atoms with Gasteiger partial charge < -0.3 is 5.11 Å². The van der Waals surface area contributed by atoms with E-state index in [2.05, 4.69) is 4.98 Å². The van der Waals surface area contributed by atoms with Crippen molar-refractivity contribution in [3.8, 4) is 0 Å². The van der Waals surface area contributed by atoms with Crippen LogP contribution in [0.25, 0.3) is 0 Å². The van der Waals surface area contributed by atoms with Crippen LogP contribution in [0.2, 0.25) is 0 Å². The minimum Gasteiger partial charge on any atom is -0.381 e. The van der Waals surface area contributed by atoms with Crippen molar-refractivity contribution in [3.05, 3.63) is 65.2 Å². The number of halogens is 3. The van der Waals surface area contributed by atoms with Crippen molar-refractivity contribution in [2.45, 2.75) is 12.5 Å². The van der Waals surface area contributed by atoms with Crippen LogP contribution in [0, 0.1) is 17.5 Å². The predicted molar refractivity (Wildman–Crippen MR) is 59.2 cm³/mol. The number of rotatable bonds is 2. The molecular formula is C13H10F3NO. The van der Waals surface area contributed by atoms with Crippen LogP contribution in [0.15, 0.2) is 36.7 Å². The van der Waals surface area contributed by atoms with Gasteiger partial charge in [-0.2, -0.15) is 0 Å². The third-order valence-electron chi connectivity index (χ3n) is 2.72. The molecule has 0 aliphatic carbocycles. The Morgan fingerprint density at radius 1 is 1.06 bits per heavy atom. The average molecular weight is 253 g/mol. The van der Waals surface area contributed by atoms with Crippen LogP contribution in [-0.2, 0) is 5.60 Å². The molecule has 1 N–H and O–H groups in total. The second-order valence-corrected chi connectivity index (χ2v) is 4.09. The molecule has 1 unspecified atom stereocenters. The van der Waals surface area contributed by atoms with Gasteiger partial charge in [0.2, 0.25) is 0 Å². The fourth-order valence-electron chi connectivity index (χ4n) is 1.70. The van der Waals surface area contributed by atoms with Crippen molar-refractivity contribution in [1.82, 2.24) is 4.98 Å². The summed E-state index contributed by atoms with van der Waals surface area (Å²) < 4.78 is 39.8. The van der Waals surface area contributed by atoms with Gasteiger partial charge in [0, 0.05) is 17.3 Å². The Morgan fingerprint density at radius 3 is 2.44 bits per heavy atom. The SMILES string of the molecule is CC(O)(c1cncc(F)c1)c1cc(F)ccc1F.